The Bertz CT molecular complexity index is 361. The van der Waals surface area contributed by atoms with E-state index in [-0.39, 0.29) is 0 Å². The maximum Gasteiger partial charge on any atom is 0.432 e. The summed E-state index contributed by atoms with van der Waals surface area (Å²) in [5.41, 5.74) is -4.57. The van der Waals surface area contributed by atoms with Crippen LogP contribution in [0.1, 0.15) is 5.56 Å². The smallest absolute Gasteiger partial charge is 0.432 e. The van der Waals surface area contributed by atoms with E-state index in [1.54, 1.807) is 0 Å². The van der Waals surface area contributed by atoms with Crippen molar-refractivity contribution in [3.05, 3.63) is 35.9 Å². The molecule has 0 unspecified atom stereocenters. The van der Waals surface area contributed by atoms with Gasteiger partial charge in [0.15, 0.2) is 0 Å². The molecule has 0 spiro atoms. The van der Waals surface area contributed by atoms with Crippen LogP contribution in [0.3, 0.4) is 0 Å². The van der Waals surface area contributed by atoms with E-state index in [9.17, 15) is 23.1 Å². The van der Waals surface area contributed by atoms with Crippen molar-refractivity contribution in [2.24, 2.45) is 0 Å². The van der Waals surface area contributed by atoms with Crippen molar-refractivity contribution >= 4 is 5.97 Å². The molecule has 1 aromatic rings. The van der Waals surface area contributed by atoms with E-state index in [1.165, 1.54) is 18.2 Å². The molecule has 3 nitrogen and oxygen atoms in total. The molecule has 1 aromatic carbocycles. The molecule has 82 valence electrons. The van der Waals surface area contributed by atoms with Crippen LogP contribution in [0.5, 0.6) is 0 Å². The number of carboxylic acid groups (broad SMARTS) is 1. The summed E-state index contributed by atoms with van der Waals surface area (Å²) in [6, 6.07) is 5.66. The Balaban J connectivity index is 3.32. The highest BCUT2D eigenvalue weighted by molar-refractivity contribution is 5.80. The third-order valence-corrected chi connectivity index (χ3v) is 1.91. The van der Waals surface area contributed by atoms with Crippen molar-refractivity contribution in [2.45, 2.75) is 11.8 Å². The minimum absolute atomic E-state index is 0.718. The molecule has 6 heteroatoms. The molecule has 0 aliphatic rings. The van der Waals surface area contributed by atoms with Crippen molar-refractivity contribution < 1.29 is 28.2 Å². The Morgan fingerprint density at radius 2 is 1.60 bits per heavy atom. The second-order valence-corrected chi connectivity index (χ2v) is 2.88. The Kier molecular flexibility index (Phi) is 2.72. The largest absolute Gasteiger partial charge is 0.479 e. The Labute approximate surface area is 82.8 Å². The van der Waals surface area contributed by atoms with Crippen molar-refractivity contribution in [1.82, 2.24) is 0 Å². The number of rotatable bonds is 2. The maximum absolute atomic E-state index is 12.4. The minimum Gasteiger partial charge on any atom is -0.479 e. The van der Waals surface area contributed by atoms with Crippen molar-refractivity contribution in [3.63, 3.8) is 0 Å². The van der Waals surface area contributed by atoms with Gasteiger partial charge in [-0.2, -0.15) is 13.2 Å². The van der Waals surface area contributed by atoms with E-state index in [4.69, 9.17) is 5.11 Å². The highest BCUT2D eigenvalue weighted by atomic mass is 19.4. The van der Waals surface area contributed by atoms with Gasteiger partial charge >= 0.3 is 12.1 Å². The second-order valence-electron chi connectivity index (χ2n) is 2.88. The lowest BCUT2D eigenvalue weighted by atomic mass is 9.93. The molecule has 0 aliphatic carbocycles. The summed E-state index contributed by atoms with van der Waals surface area (Å²) in [6.07, 6.45) is -5.26. The molecule has 15 heavy (non-hydrogen) atoms. The fourth-order valence-electron chi connectivity index (χ4n) is 1.09. The summed E-state index contributed by atoms with van der Waals surface area (Å²) in [7, 11) is 0. The Morgan fingerprint density at radius 1 is 1.13 bits per heavy atom. The number of hydrogen-bond acceptors (Lipinski definition) is 2. The lowest BCUT2D eigenvalue weighted by molar-refractivity contribution is -0.265. The van der Waals surface area contributed by atoms with Crippen molar-refractivity contribution in [2.75, 3.05) is 0 Å². The molecule has 2 N–H and O–H groups in total. The number of benzene rings is 1. The molecule has 0 bridgehead atoms. The molecule has 0 radical (unpaired) electrons. The number of aliphatic carboxylic acids is 1. The first-order chi connectivity index (χ1) is 6.80. The van der Waals surface area contributed by atoms with Gasteiger partial charge in [-0.1, -0.05) is 30.3 Å². The SMILES string of the molecule is O=C(O)[C@@](O)(c1ccccc1)C(F)(F)F. The number of aliphatic hydroxyl groups is 1. The van der Waals surface area contributed by atoms with E-state index < -0.39 is 23.3 Å². The van der Waals surface area contributed by atoms with E-state index in [2.05, 4.69) is 0 Å². The van der Waals surface area contributed by atoms with E-state index >= 15 is 0 Å². The third kappa shape index (κ3) is 1.80. The molecule has 0 heterocycles. The van der Waals surface area contributed by atoms with Crippen LogP contribution in [0, 0.1) is 0 Å². The molecule has 0 aromatic heterocycles. The minimum atomic E-state index is -5.26. The molecule has 0 saturated carbocycles. The molecule has 1 rings (SSSR count). The van der Waals surface area contributed by atoms with Gasteiger partial charge in [-0.05, 0) is 0 Å². The summed E-state index contributed by atoms with van der Waals surface area (Å²) in [4.78, 5) is 10.5. The molecular formula is C9H7F3O3. The van der Waals surface area contributed by atoms with Crippen LogP contribution in [0.4, 0.5) is 13.2 Å². The van der Waals surface area contributed by atoms with Crippen LogP contribution in [-0.2, 0) is 10.4 Å². The van der Waals surface area contributed by atoms with E-state index in [1.807, 2.05) is 0 Å². The zero-order chi connectivity index (χ0) is 11.7. The lowest BCUT2D eigenvalue weighted by Crippen LogP contribution is -2.49. The summed E-state index contributed by atoms with van der Waals surface area (Å²) < 4.78 is 37.2. The van der Waals surface area contributed by atoms with Gasteiger partial charge in [0.1, 0.15) is 0 Å². The van der Waals surface area contributed by atoms with Crippen LogP contribution in [0.25, 0.3) is 0 Å². The van der Waals surface area contributed by atoms with Crippen molar-refractivity contribution in [3.8, 4) is 0 Å². The quantitative estimate of drug-likeness (QED) is 0.794. The van der Waals surface area contributed by atoms with Gasteiger partial charge in [0, 0.05) is 5.56 Å². The van der Waals surface area contributed by atoms with Gasteiger partial charge in [-0.3, -0.25) is 0 Å². The van der Waals surface area contributed by atoms with Gasteiger partial charge in [0.2, 0.25) is 0 Å². The number of alkyl halides is 3. The van der Waals surface area contributed by atoms with Crippen molar-refractivity contribution in [1.29, 1.82) is 0 Å². The first-order valence-electron chi connectivity index (χ1n) is 3.88. The van der Waals surface area contributed by atoms with Crippen LogP contribution >= 0.6 is 0 Å². The average molecular weight is 220 g/mol. The Hall–Kier alpha value is -1.56. The Morgan fingerprint density at radius 3 is 1.93 bits per heavy atom. The highest BCUT2D eigenvalue weighted by Gasteiger charge is 2.61. The molecule has 0 amide bonds. The predicted octanol–water partition coefficient (Wildman–Crippen LogP) is 1.52. The zero-order valence-electron chi connectivity index (χ0n) is 7.32. The molecule has 1 atom stereocenters. The molecule has 0 saturated heterocycles. The monoisotopic (exact) mass is 220 g/mol. The average Bonchev–Trinajstić information content (AvgIpc) is 2.16. The third-order valence-electron chi connectivity index (χ3n) is 1.91. The number of carbonyl (C=O) groups is 1. The maximum atomic E-state index is 12.4. The van der Waals surface area contributed by atoms with Crippen LogP contribution in [-0.4, -0.2) is 22.4 Å². The van der Waals surface area contributed by atoms with Gasteiger partial charge in [0.25, 0.3) is 5.60 Å². The van der Waals surface area contributed by atoms with Gasteiger partial charge in [-0.15, -0.1) is 0 Å². The van der Waals surface area contributed by atoms with Crippen LogP contribution in [0.15, 0.2) is 30.3 Å². The van der Waals surface area contributed by atoms with Crippen LogP contribution < -0.4 is 0 Å². The standard InChI is InChI=1S/C9H7F3O3/c10-9(11,12)8(15,7(13)14)6-4-2-1-3-5-6/h1-5,15H,(H,13,14)/t8-/m0/s1. The number of hydrogen-bond donors (Lipinski definition) is 2. The fraction of sp³-hybridized carbons (Fsp3) is 0.222. The predicted molar refractivity (Wildman–Crippen MR) is 44.0 cm³/mol. The lowest BCUT2D eigenvalue weighted by Gasteiger charge is -2.26. The summed E-state index contributed by atoms with van der Waals surface area (Å²) in [6.45, 7) is 0. The van der Waals surface area contributed by atoms with E-state index in [0.717, 1.165) is 12.1 Å². The topological polar surface area (TPSA) is 57.5 Å². The normalized spacial score (nSPS) is 15.7. The molecule has 0 aliphatic heterocycles. The number of carboxylic acids is 1. The van der Waals surface area contributed by atoms with Gasteiger partial charge in [0.05, 0.1) is 0 Å². The summed E-state index contributed by atoms with van der Waals surface area (Å²) in [5, 5.41) is 17.6. The summed E-state index contributed by atoms with van der Waals surface area (Å²) >= 11 is 0. The number of halogens is 3. The second kappa shape index (κ2) is 3.54. The molecular weight excluding hydrogens is 213 g/mol. The summed E-state index contributed by atoms with van der Waals surface area (Å²) in [5.74, 6) is -2.35. The van der Waals surface area contributed by atoms with Gasteiger partial charge in [-0.25, -0.2) is 4.79 Å². The zero-order valence-corrected chi connectivity index (χ0v) is 7.32. The van der Waals surface area contributed by atoms with Gasteiger partial charge < -0.3 is 10.2 Å². The van der Waals surface area contributed by atoms with E-state index in [0.29, 0.717) is 0 Å². The van der Waals surface area contributed by atoms with Crippen LogP contribution in [0.2, 0.25) is 0 Å². The first-order valence-corrected chi connectivity index (χ1v) is 3.88. The molecule has 0 fully saturated rings. The highest BCUT2D eigenvalue weighted by Crippen LogP contribution is 2.38. The first kappa shape index (κ1) is 11.5. The fourth-order valence-corrected chi connectivity index (χ4v) is 1.09.